The molecule has 0 aliphatic carbocycles. The molecule has 0 aliphatic heterocycles. The summed E-state index contributed by atoms with van der Waals surface area (Å²) in [5.41, 5.74) is 0.823. The van der Waals surface area contributed by atoms with Crippen LogP contribution in [0.15, 0.2) is 11.6 Å². The first-order valence-electron chi connectivity index (χ1n) is 5.31. The van der Waals surface area contributed by atoms with Gasteiger partial charge in [-0.3, -0.25) is 4.90 Å². The molecule has 0 saturated carbocycles. The molecule has 0 rings (SSSR count). The van der Waals surface area contributed by atoms with Crippen molar-refractivity contribution in [3.63, 3.8) is 0 Å². The Morgan fingerprint density at radius 1 is 1.47 bits per heavy atom. The lowest BCUT2D eigenvalue weighted by atomic mass is 10.00. The maximum atomic E-state index is 11.1. The number of hydrogen-bond acceptors (Lipinski definition) is 3. The van der Waals surface area contributed by atoms with E-state index in [-0.39, 0.29) is 11.5 Å². The van der Waals surface area contributed by atoms with Gasteiger partial charge in [-0.25, -0.2) is 4.79 Å². The van der Waals surface area contributed by atoms with Gasteiger partial charge in [0, 0.05) is 17.7 Å². The fourth-order valence-corrected chi connectivity index (χ4v) is 1.04. The summed E-state index contributed by atoms with van der Waals surface area (Å²) in [6.45, 7) is 9.08. The Labute approximate surface area is 93.1 Å². The highest BCUT2D eigenvalue weighted by atomic mass is 16.5. The van der Waals surface area contributed by atoms with E-state index in [4.69, 9.17) is 0 Å². The van der Waals surface area contributed by atoms with Crippen molar-refractivity contribution in [1.29, 1.82) is 0 Å². The molecule has 0 aromatic carbocycles. The second-order valence-corrected chi connectivity index (χ2v) is 4.43. The van der Waals surface area contributed by atoms with E-state index in [1.54, 1.807) is 6.92 Å². The Hall–Kier alpha value is -0.830. The number of esters is 1. The molecule has 0 aromatic heterocycles. The van der Waals surface area contributed by atoms with Crippen LogP contribution in [0, 0.1) is 0 Å². The third-order valence-corrected chi connectivity index (χ3v) is 3.08. The van der Waals surface area contributed by atoms with Gasteiger partial charge in [-0.15, -0.1) is 0 Å². The highest BCUT2D eigenvalue weighted by Crippen LogP contribution is 2.16. The molecule has 88 valence electrons. The molecular formula is C12H23NO2. The minimum absolute atomic E-state index is 0.160. The molecule has 0 fully saturated rings. The van der Waals surface area contributed by atoms with E-state index >= 15 is 0 Å². The van der Waals surface area contributed by atoms with Crippen LogP contribution in [0.1, 0.15) is 34.1 Å². The topological polar surface area (TPSA) is 29.5 Å². The van der Waals surface area contributed by atoms with E-state index in [0.717, 1.165) is 13.0 Å². The van der Waals surface area contributed by atoms with Crippen LogP contribution in [-0.2, 0) is 9.53 Å². The van der Waals surface area contributed by atoms with Crippen molar-refractivity contribution in [2.45, 2.75) is 39.7 Å². The molecule has 0 bridgehead atoms. The Balaban J connectivity index is 4.32. The fraction of sp³-hybridized carbons (Fsp3) is 0.750. The summed E-state index contributed by atoms with van der Waals surface area (Å²) in [5.74, 6) is -0.252. The van der Waals surface area contributed by atoms with E-state index in [1.807, 2.05) is 6.08 Å². The SMILES string of the molecule is CCC(C)(C)N(C)CC=C(C)C(=O)OC. The van der Waals surface area contributed by atoms with Gasteiger partial charge >= 0.3 is 5.97 Å². The van der Waals surface area contributed by atoms with Crippen LogP contribution in [0.25, 0.3) is 0 Å². The Bertz CT molecular complexity index is 244. The summed E-state index contributed by atoms with van der Waals surface area (Å²) < 4.78 is 4.63. The minimum Gasteiger partial charge on any atom is -0.466 e. The zero-order valence-electron chi connectivity index (χ0n) is 10.8. The summed E-state index contributed by atoms with van der Waals surface area (Å²) >= 11 is 0. The Kier molecular flexibility index (Phi) is 5.58. The van der Waals surface area contributed by atoms with Crippen molar-refractivity contribution in [2.24, 2.45) is 0 Å². The summed E-state index contributed by atoms with van der Waals surface area (Å²) in [6, 6.07) is 0. The fourth-order valence-electron chi connectivity index (χ4n) is 1.04. The lowest BCUT2D eigenvalue weighted by Gasteiger charge is -2.34. The van der Waals surface area contributed by atoms with Crippen molar-refractivity contribution < 1.29 is 9.53 Å². The monoisotopic (exact) mass is 213 g/mol. The van der Waals surface area contributed by atoms with E-state index in [9.17, 15) is 4.79 Å². The van der Waals surface area contributed by atoms with Crippen LogP contribution in [0.5, 0.6) is 0 Å². The summed E-state index contributed by atoms with van der Waals surface area (Å²) in [4.78, 5) is 13.4. The van der Waals surface area contributed by atoms with Crippen LogP contribution < -0.4 is 0 Å². The van der Waals surface area contributed by atoms with Crippen LogP contribution in [0.4, 0.5) is 0 Å². The van der Waals surface area contributed by atoms with Crippen molar-refractivity contribution in [2.75, 3.05) is 20.7 Å². The largest absolute Gasteiger partial charge is 0.466 e. The van der Waals surface area contributed by atoms with Crippen molar-refractivity contribution >= 4 is 5.97 Å². The van der Waals surface area contributed by atoms with E-state index in [0.29, 0.717) is 5.57 Å². The molecule has 3 nitrogen and oxygen atoms in total. The van der Waals surface area contributed by atoms with Crippen LogP contribution in [0.2, 0.25) is 0 Å². The average Bonchev–Trinajstić information content (AvgIpc) is 2.23. The lowest BCUT2D eigenvalue weighted by molar-refractivity contribution is -0.136. The first-order chi connectivity index (χ1) is 6.85. The van der Waals surface area contributed by atoms with E-state index < -0.39 is 0 Å². The lowest BCUT2D eigenvalue weighted by Crippen LogP contribution is -2.40. The highest BCUT2D eigenvalue weighted by molar-refractivity contribution is 5.87. The number of carbonyl (C=O) groups is 1. The van der Waals surface area contributed by atoms with Gasteiger partial charge in [-0.05, 0) is 34.2 Å². The van der Waals surface area contributed by atoms with Gasteiger partial charge in [0.25, 0.3) is 0 Å². The second-order valence-electron chi connectivity index (χ2n) is 4.43. The predicted octanol–water partition coefficient (Wildman–Crippen LogP) is 2.23. The molecule has 0 saturated heterocycles. The molecule has 0 aromatic rings. The van der Waals surface area contributed by atoms with Gasteiger partial charge in [0.2, 0.25) is 0 Å². The number of hydrogen-bond donors (Lipinski definition) is 0. The number of methoxy groups -OCH3 is 1. The first kappa shape index (κ1) is 14.2. The Morgan fingerprint density at radius 2 is 2.00 bits per heavy atom. The minimum atomic E-state index is -0.252. The number of ether oxygens (including phenoxy) is 1. The van der Waals surface area contributed by atoms with Crippen molar-refractivity contribution in [3.8, 4) is 0 Å². The standard InChI is InChI=1S/C12H23NO2/c1-7-12(3,4)13(5)9-8-10(2)11(14)15-6/h8H,7,9H2,1-6H3. The molecule has 0 atom stereocenters. The molecule has 0 heterocycles. The smallest absolute Gasteiger partial charge is 0.333 e. The number of nitrogens with zero attached hydrogens (tertiary/aromatic N) is 1. The maximum Gasteiger partial charge on any atom is 0.333 e. The van der Waals surface area contributed by atoms with Gasteiger partial charge in [0.1, 0.15) is 0 Å². The molecule has 0 aliphatic rings. The molecule has 0 spiro atoms. The number of rotatable bonds is 5. The van der Waals surface area contributed by atoms with Crippen LogP contribution in [0.3, 0.4) is 0 Å². The Morgan fingerprint density at radius 3 is 2.40 bits per heavy atom. The maximum absolute atomic E-state index is 11.1. The van der Waals surface area contributed by atoms with E-state index in [1.165, 1.54) is 7.11 Å². The molecule has 0 amide bonds. The summed E-state index contributed by atoms with van der Waals surface area (Å²) in [7, 11) is 3.46. The van der Waals surface area contributed by atoms with Crippen LogP contribution in [-0.4, -0.2) is 37.1 Å². The predicted molar refractivity (Wildman–Crippen MR) is 62.8 cm³/mol. The summed E-state index contributed by atoms with van der Waals surface area (Å²) in [6.07, 6.45) is 2.98. The highest BCUT2D eigenvalue weighted by Gasteiger charge is 2.19. The zero-order valence-corrected chi connectivity index (χ0v) is 10.8. The molecule has 0 radical (unpaired) electrons. The second kappa shape index (κ2) is 5.91. The van der Waals surface area contributed by atoms with Crippen LogP contribution >= 0.6 is 0 Å². The first-order valence-corrected chi connectivity index (χ1v) is 5.31. The number of likely N-dealkylation sites (N-methyl/N-ethyl adjacent to an activating group) is 1. The quantitative estimate of drug-likeness (QED) is 0.518. The molecule has 0 unspecified atom stereocenters. The normalized spacial score (nSPS) is 13.1. The van der Waals surface area contributed by atoms with Gasteiger partial charge in [-0.1, -0.05) is 13.0 Å². The molecule has 0 N–H and O–H groups in total. The third-order valence-electron chi connectivity index (χ3n) is 3.08. The van der Waals surface area contributed by atoms with Gasteiger partial charge in [0.05, 0.1) is 7.11 Å². The molecular weight excluding hydrogens is 190 g/mol. The van der Waals surface area contributed by atoms with E-state index in [2.05, 4.69) is 37.5 Å². The van der Waals surface area contributed by atoms with Gasteiger partial charge < -0.3 is 4.74 Å². The number of carbonyl (C=O) groups excluding carboxylic acids is 1. The van der Waals surface area contributed by atoms with Gasteiger partial charge in [-0.2, -0.15) is 0 Å². The summed E-state index contributed by atoms with van der Waals surface area (Å²) in [5, 5.41) is 0. The molecule has 15 heavy (non-hydrogen) atoms. The van der Waals surface area contributed by atoms with Crippen molar-refractivity contribution in [1.82, 2.24) is 4.90 Å². The molecule has 3 heteroatoms. The zero-order chi connectivity index (χ0) is 12.1. The van der Waals surface area contributed by atoms with Crippen molar-refractivity contribution in [3.05, 3.63) is 11.6 Å². The van der Waals surface area contributed by atoms with Gasteiger partial charge in [0.15, 0.2) is 0 Å². The average molecular weight is 213 g/mol. The third kappa shape index (κ3) is 4.47.